The van der Waals surface area contributed by atoms with Gasteiger partial charge in [-0.25, -0.2) is 4.98 Å². The first kappa shape index (κ1) is 35.6. The summed E-state index contributed by atoms with van der Waals surface area (Å²) in [7, 11) is 3.74. The smallest absolute Gasteiger partial charge is 0.227 e. The Kier molecular flexibility index (Phi) is 10.4. The fourth-order valence-corrected chi connectivity index (χ4v) is 6.75. The zero-order valence-corrected chi connectivity index (χ0v) is 31.1. The standard InChI is InChI=1S/C48H43N3O3/c1-7-15-44-39(9-3)41-17-14-16-40(47(41)53-44)34-23-28-37(29-24-34)51(38-30-25-35(26-31-38)48-49-42-18-10-12-20-45(42)54-48)36(8-2)27-22-33(4)32-50(5)43-19-11-13-21-46(43)52-6/h7-31H,3-4,32H2,1-2,5-6H3/b15-7-,27-22-,36-8+. The molecule has 54 heavy (non-hydrogen) atoms. The fraction of sp³-hybridized carbons (Fsp3) is 0.104. The van der Waals surface area contributed by atoms with Gasteiger partial charge in [0.2, 0.25) is 5.89 Å². The summed E-state index contributed by atoms with van der Waals surface area (Å²) in [5.41, 5.74) is 11.3. The number of allylic oxidation sites excluding steroid dienone is 3. The van der Waals surface area contributed by atoms with Gasteiger partial charge in [-0.2, -0.15) is 0 Å². The molecule has 2 heterocycles. The Hall–Kier alpha value is -6.79. The first-order valence-corrected chi connectivity index (χ1v) is 18.0. The highest BCUT2D eigenvalue weighted by Gasteiger charge is 2.18. The van der Waals surface area contributed by atoms with Crippen molar-refractivity contribution in [1.82, 2.24) is 4.98 Å². The van der Waals surface area contributed by atoms with Gasteiger partial charge in [0, 0.05) is 52.7 Å². The van der Waals surface area contributed by atoms with Gasteiger partial charge < -0.3 is 23.4 Å². The minimum Gasteiger partial charge on any atom is -0.495 e. The second-order valence-corrected chi connectivity index (χ2v) is 12.9. The Morgan fingerprint density at radius 3 is 2.19 bits per heavy atom. The number of benzene rings is 5. The number of likely N-dealkylation sites (N-methyl/N-ethyl adjacent to an activating group) is 1. The molecule has 0 aliphatic rings. The van der Waals surface area contributed by atoms with Crippen LogP contribution < -0.4 is 14.5 Å². The molecular formula is C48H43N3O3. The van der Waals surface area contributed by atoms with Gasteiger partial charge in [0.15, 0.2) is 5.58 Å². The summed E-state index contributed by atoms with van der Waals surface area (Å²) < 4.78 is 18.1. The highest BCUT2D eigenvalue weighted by Crippen LogP contribution is 2.38. The normalized spacial score (nSPS) is 11.9. The molecule has 0 bridgehead atoms. The summed E-state index contributed by atoms with van der Waals surface area (Å²) >= 11 is 0. The molecule has 0 amide bonds. The molecular weight excluding hydrogens is 667 g/mol. The molecule has 6 nitrogen and oxygen atoms in total. The lowest BCUT2D eigenvalue weighted by molar-refractivity contribution is 0.415. The molecule has 0 unspecified atom stereocenters. The van der Waals surface area contributed by atoms with Crippen LogP contribution in [0.5, 0.6) is 5.75 Å². The Balaban J connectivity index is 1.23. The van der Waals surface area contributed by atoms with Crippen molar-refractivity contribution in [2.75, 3.05) is 30.5 Å². The van der Waals surface area contributed by atoms with E-state index in [-0.39, 0.29) is 0 Å². The van der Waals surface area contributed by atoms with Crippen molar-refractivity contribution in [2.24, 2.45) is 0 Å². The Labute approximate surface area is 316 Å². The summed E-state index contributed by atoms with van der Waals surface area (Å²) in [4.78, 5) is 9.09. The summed E-state index contributed by atoms with van der Waals surface area (Å²) in [5.74, 6) is 2.22. The molecule has 0 saturated carbocycles. The predicted molar refractivity (Wildman–Crippen MR) is 226 cm³/mol. The van der Waals surface area contributed by atoms with Gasteiger partial charge in [-0.05, 0) is 97.8 Å². The molecule has 0 radical (unpaired) electrons. The van der Waals surface area contributed by atoms with E-state index in [0.717, 1.165) is 84.2 Å². The van der Waals surface area contributed by atoms with Crippen LogP contribution in [0.1, 0.15) is 25.2 Å². The van der Waals surface area contributed by atoms with Crippen LogP contribution in [0.15, 0.2) is 173 Å². The van der Waals surface area contributed by atoms with E-state index in [1.54, 1.807) is 7.11 Å². The molecule has 7 rings (SSSR count). The maximum atomic E-state index is 6.39. The third-order valence-electron chi connectivity index (χ3n) is 9.39. The first-order valence-electron chi connectivity index (χ1n) is 18.0. The van der Waals surface area contributed by atoms with Crippen LogP contribution in [0.4, 0.5) is 17.1 Å². The number of ether oxygens (including phenoxy) is 1. The number of rotatable bonds is 13. The Bertz CT molecular complexity index is 2500. The van der Waals surface area contributed by atoms with Crippen molar-refractivity contribution >= 4 is 51.3 Å². The van der Waals surface area contributed by atoms with Gasteiger partial charge in [0.1, 0.15) is 22.6 Å². The maximum absolute atomic E-state index is 6.39. The van der Waals surface area contributed by atoms with Crippen molar-refractivity contribution in [1.29, 1.82) is 0 Å². The quantitative estimate of drug-likeness (QED) is 0.111. The van der Waals surface area contributed by atoms with E-state index in [9.17, 15) is 0 Å². The van der Waals surface area contributed by atoms with Gasteiger partial charge in [-0.1, -0.05) is 92.1 Å². The van der Waals surface area contributed by atoms with Gasteiger partial charge in [0.25, 0.3) is 0 Å². The van der Waals surface area contributed by atoms with E-state index < -0.39 is 0 Å². The third kappa shape index (κ3) is 7.14. The van der Waals surface area contributed by atoms with Crippen LogP contribution in [0.25, 0.3) is 56.8 Å². The number of para-hydroxylation sites is 5. The second kappa shape index (κ2) is 15.8. The van der Waals surface area contributed by atoms with Crippen LogP contribution in [0.3, 0.4) is 0 Å². The van der Waals surface area contributed by atoms with Gasteiger partial charge in [-0.15, -0.1) is 0 Å². The molecule has 0 aliphatic carbocycles. The fourth-order valence-electron chi connectivity index (χ4n) is 6.75. The van der Waals surface area contributed by atoms with E-state index in [2.05, 4.69) is 121 Å². The van der Waals surface area contributed by atoms with Crippen LogP contribution in [-0.4, -0.2) is 25.7 Å². The number of anilines is 3. The minimum absolute atomic E-state index is 0.588. The highest BCUT2D eigenvalue weighted by atomic mass is 16.5. The van der Waals surface area contributed by atoms with Crippen molar-refractivity contribution < 1.29 is 13.6 Å². The lowest BCUT2D eigenvalue weighted by Crippen LogP contribution is -2.20. The molecule has 0 spiro atoms. The lowest BCUT2D eigenvalue weighted by Gasteiger charge is -2.27. The number of aromatic nitrogens is 1. The van der Waals surface area contributed by atoms with Crippen molar-refractivity contribution in [3.05, 3.63) is 175 Å². The number of furan rings is 1. The summed E-state index contributed by atoms with van der Waals surface area (Å²) in [6.45, 7) is 13.1. The van der Waals surface area contributed by atoms with Crippen molar-refractivity contribution in [3.8, 4) is 28.3 Å². The predicted octanol–water partition coefficient (Wildman–Crippen LogP) is 12.9. The number of oxazole rings is 1. The average Bonchev–Trinajstić information content (AvgIpc) is 3.81. The molecule has 268 valence electrons. The monoisotopic (exact) mass is 709 g/mol. The van der Waals surface area contributed by atoms with Crippen LogP contribution in [-0.2, 0) is 0 Å². The van der Waals surface area contributed by atoms with Crippen molar-refractivity contribution in [3.63, 3.8) is 0 Å². The van der Waals surface area contributed by atoms with E-state index >= 15 is 0 Å². The van der Waals surface area contributed by atoms with E-state index in [0.29, 0.717) is 12.4 Å². The number of hydrogen-bond acceptors (Lipinski definition) is 6. The van der Waals surface area contributed by atoms with E-state index in [1.165, 1.54) is 0 Å². The Morgan fingerprint density at radius 1 is 0.796 bits per heavy atom. The maximum Gasteiger partial charge on any atom is 0.227 e. The third-order valence-corrected chi connectivity index (χ3v) is 9.39. The van der Waals surface area contributed by atoms with Crippen LogP contribution in [0, 0.1) is 0 Å². The number of methoxy groups -OCH3 is 1. The summed E-state index contributed by atoms with van der Waals surface area (Å²) in [6, 6.07) is 39.0. The molecule has 0 N–H and O–H groups in total. The SMILES string of the molecule is C=Cc1c(/C=C\C)oc2c(-c3ccc(N(C(/C=C\C(=C)CN(C)c4ccccc4OC)=C/C)c4ccc(-c5nc6ccccc6o5)cc4)cc3)cccc12. The number of hydrogen-bond donors (Lipinski definition) is 0. The lowest BCUT2D eigenvalue weighted by atomic mass is 10.0. The van der Waals surface area contributed by atoms with Crippen LogP contribution in [0.2, 0.25) is 0 Å². The molecule has 7 aromatic rings. The molecule has 0 saturated heterocycles. The zero-order valence-electron chi connectivity index (χ0n) is 31.1. The zero-order chi connectivity index (χ0) is 37.6. The first-order chi connectivity index (χ1) is 26.4. The van der Waals surface area contributed by atoms with Gasteiger partial charge >= 0.3 is 0 Å². The molecule has 0 atom stereocenters. The molecule has 0 fully saturated rings. The van der Waals surface area contributed by atoms with Crippen molar-refractivity contribution in [2.45, 2.75) is 13.8 Å². The Morgan fingerprint density at radius 2 is 1.50 bits per heavy atom. The van der Waals surface area contributed by atoms with E-state index in [1.807, 2.05) is 74.7 Å². The largest absolute Gasteiger partial charge is 0.495 e. The second-order valence-electron chi connectivity index (χ2n) is 12.9. The molecule has 0 aliphatic heterocycles. The minimum atomic E-state index is 0.588. The van der Waals surface area contributed by atoms with Crippen LogP contribution >= 0.6 is 0 Å². The number of fused-ring (bicyclic) bond motifs is 2. The van der Waals surface area contributed by atoms with Gasteiger partial charge in [0.05, 0.1) is 12.8 Å². The molecule has 5 aromatic carbocycles. The summed E-state index contributed by atoms with van der Waals surface area (Å²) in [5, 5.41) is 1.04. The van der Waals surface area contributed by atoms with Gasteiger partial charge in [-0.3, -0.25) is 0 Å². The summed E-state index contributed by atoms with van der Waals surface area (Å²) in [6.07, 6.45) is 12.1. The topological polar surface area (TPSA) is 54.9 Å². The molecule has 6 heteroatoms. The van der Waals surface area contributed by atoms with E-state index in [4.69, 9.17) is 18.6 Å². The highest BCUT2D eigenvalue weighted by molar-refractivity contribution is 5.99. The average molecular weight is 710 g/mol. The number of nitrogens with zero attached hydrogens (tertiary/aromatic N) is 3. The molecule has 2 aromatic heterocycles.